The Labute approximate surface area is 147 Å². The fourth-order valence-corrected chi connectivity index (χ4v) is 3.19. The third-order valence-corrected chi connectivity index (χ3v) is 4.77. The van der Waals surface area contributed by atoms with E-state index in [1.165, 1.54) is 23.1 Å². The van der Waals surface area contributed by atoms with Gasteiger partial charge >= 0.3 is 0 Å². The van der Waals surface area contributed by atoms with E-state index in [1.54, 1.807) is 0 Å². The summed E-state index contributed by atoms with van der Waals surface area (Å²) in [6.07, 6.45) is 7.62. The number of nitrogens with one attached hydrogen (secondary N) is 1. The van der Waals surface area contributed by atoms with Gasteiger partial charge in [0, 0.05) is 24.0 Å². The van der Waals surface area contributed by atoms with E-state index >= 15 is 0 Å². The molecule has 0 radical (unpaired) electrons. The first-order chi connectivity index (χ1) is 12.2. The van der Waals surface area contributed by atoms with Crippen LogP contribution in [0, 0.1) is 6.92 Å². The molecular weight excluding hydrogens is 308 g/mol. The summed E-state index contributed by atoms with van der Waals surface area (Å²) in [6, 6.07) is 12.5. The van der Waals surface area contributed by atoms with Gasteiger partial charge in [0.2, 0.25) is 0 Å². The van der Waals surface area contributed by atoms with Crippen LogP contribution in [0.5, 0.6) is 0 Å². The standard InChI is InChI=1S/C21H22N4/c1-15-7-3-4-10-19(15)14-22-16(2)18-11-12-25-20(13-18)23-21(24-25)17-8-5-6-9-17/h3-4,7-8,10-13,22H,2,5-6,9,14H2,1H3. The van der Waals surface area contributed by atoms with Crippen molar-refractivity contribution in [2.75, 3.05) is 0 Å². The van der Waals surface area contributed by atoms with E-state index in [2.05, 4.69) is 59.2 Å². The van der Waals surface area contributed by atoms with E-state index in [4.69, 9.17) is 0 Å². The summed E-state index contributed by atoms with van der Waals surface area (Å²) in [5, 5.41) is 8.01. The first-order valence-electron chi connectivity index (χ1n) is 8.74. The molecule has 0 amide bonds. The van der Waals surface area contributed by atoms with Crippen LogP contribution in [0.25, 0.3) is 16.9 Å². The molecule has 1 aliphatic rings. The number of aromatic nitrogens is 3. The highest BCUT2D eigenvalue weighted by atomic mass is 15.3. The fraction of sp³-hybridized carbons (Fsp3) is 0.238. The van der Waals surface area contributed by atoms with Gasteiger partial charge in [-0.2, -0.15) is 0 Å². The van der Waals surface area contributed by atoms with Gasteiger partial charge in [-0.3, -0.25) is 0 Å². The van der Waals surface area contributed by atoms with Crippen LogP contribution in [-0.4, -0.2) is 14.6 Å². The summed E-state index contributed by atoms with van der Waals surface area (Å²) in [5.74, 6) is 0.855. The lowest BCUT2D eigenvalue weighted by molar-refractivity contribution is 0.881. The van der Waals surface area contributed by atoms with Crippen LogP contribution in [0.4, 0.5) is 0 Å². The van der Waals surface area contributed by atoms with Crippen LogP contribution in [0.3, 0.4) is 0 Å². The van der Waals surface area contributed by atoms with E-state index in [9.17, 15) is 0 Å². The highest BCUT2D eigenvalue weighted by Crippen LogP contribution is 2.25. The van der Waals surface area contributed by atoms with E-state index in [1.807, 2.05) is 22.8 Å². The number of fused-ring (bicyclic) bond motifs is 1. The SMILES string of the molecule is C=C(NCc1ccccc1C)c1ccn2nc(C3=CCCC3)nc2c1. The first kappa shape index (κ1) is 15.6. The molecule has 0 saturated carbocycles. The maximum Gasteiger partial charge on any atom is 0.177 e. The minimum Gasteiger partial charge on any atom is -0.381 e. The summed E-state index contributed by atoms with van der Waals surface area (Å²) in [7, 11) is 0. The second-order valence-electron chi connectivity index (χ2n) is 6.53. The van der Waals surface area contributed by atoms with Crippen LogP contribution < -0.4 is 5.32 Å². The number of aryl methyl sites for hydroxylation is 1. The van der Waals surface area contributed by atoms with Crippen molar-refractivity contribution in [2.45, 2.75) is 32.7 Å². The summed E-state index contributed by atoms with van der Waals surface area (Å²) in [5.41, 5.74) is 6.63. The lowest BCUT2D eigenvalue weighted by atomic mass is 10.1. The summed E-state index contributed by atoms with van der Waals surface area (Å²) in [4.78, 5) is 4.68. The van der Waals surface area contributed by atoms with Gasteiger partial charge < -0.3 is 5.32 Å². The molecule has 25 heavy (non-hydrogen) atoms. The lowest BCUT2D eigenvalue weighted by Gasteiger charge is -2.11. The quantitative estimate of drug-likeness (QED) is 0.755. The average molecular weight is 330 g/mol. The fourth-order valence-electron chi connectivity index (χ4n) is 3.19. The Hall–Kier alpha value is -2.88. The zero-order valence-corrected chi connectivity index (χ0v) is 14.5. The Balaban J connectivity index is 1.52. The number of nitrogens with zero attached hydrogens (tertiary/aromatic N) is 3. The van der Waals surface area contributed by atoms with Gasteiger partial charge in [-0.05, 0) is 55.0 Å². The van der Waals surface area contributed by atoms with Crippen LogP contribution in [-0.2, 0) is 6.54 Å². The van der Waals surface area contributed by atoms with E-state index in [0.29, 0.717) is 0 Å². The Bertz CT molecular complexity index is 965. The van der Waals surface area contributed by atoms with Crippen molar-refractivity contribution in [1.82, 2.24) is 19.9 Å². The predicted octanol–water partition coefficient (Wildman–Crippen LogP) is 4.37. The number of hydrogen-bond acceptors (Lipinski definition) is 3. The van der Waals surface area contributed by atoms with E-state index in [0.717, 1.165) is 42.1 Å². The van der Waals surface area contributed by atoms with Crippen molar-refractivity contribution >= 4 is 16.9 Å². The first-order valence-corrected chi connectivity index (χ1v) is 8.74. The molecule has 0 saturated heterocycles. The number of rotatable bonds is 5. The van der Waals surface area contributed by atoms with Crippen LogP contribution in [0.2, 0.25) is 0 Å². The molecule has 4 rings (SSSR count). The molecule has 2 aromatic heterocycles. The minimum absolute atomic E-state index is 0.765. The normalized spacial score (nSPS) is 13.9. The van der Waals surface area contributed by atoms with Gasteiger partial charge in [-0.15, -0.1) is 5.10 Å². The summed E-state index contributed by atoms with van der Waals surface area (Å²) in [6.45, 7) is 7.07. The van der Waals surface area contributed by atoms with Gasteiger partial charge in [-0.1, -0.05) is 36.9 Å². The molecule has 4 heteroatoms. The maximum absolute atomic E-state index is 4.68. The van der Waals surface area contributed by atoms with Crippen LogP contribution in [0.15, 0.2) is 55.3 Å². The molecule has 1 aromatic carbocycles. The van der Waals surface area contributed by atoms with Crippen molar-refractivity contribution in [3.8, 4) is 0 Å². The van der Waals surface area contributed by atoms with Crippen LogP contribution >= 0.6 is 0 Å². The molecule has 3 aromatic rings. The summed E-state index contributed by atoms with van der Waals surface area (Å²) < 4.78 is 1.84. The predicted molar refractivity (Wildman–Crippen MR) is 102 cm³/mol. The van der Waals surface area contributed by atoms with Crippen molar-refractivity contribution in [3.63, 3.8) is 0 Å². The Morgan fingerprint density at radius 1 is 1.28 bits per heavy atom. The molecular formula is C21H22N4. The molecule has 4 nitrogen and oxygen atoms in total. The van der Waals surface area contributed by atoms with Crippen LogP contribution in [0.1, 0.15) is 41.8 Å². The number of pyridine rings is 1. The van der Waals surface area contributed by atoms with Gasteiger partial charge in [0.25, 0.3) is 0 Å². The second kappa shape index (κ2) is 6.55. The second-order valence-corrected chi connectivity index (χ2v) is 6.53. The van der Waals surface area contributed by atoms with Gasteiger partial charge in [0.1, 0.15) is 0 Å². The third-order valence-electron chi connectivity index (χ3n) is 4.77. The number of hydrogen-bond donors (Lipinski definition) is 1. The lowest BCUT2D eigenvalue weighted by Crippen LogP contribution is -2.12. The van der Waals surface area contributed by atoms with Crippen molar-refractivity contribution in [2.24, 2.45) is 0 Å². The molecule has 2 heterocycles. The molecule has 0 spiro atoms. The summed E-state index contributed by atoms with van der Waals surface area (Å²) >= 11 is 0. The smallest absolute Gasteiger partial charge is 0.177 e. The molecule has 126 valence electrons. The zero-order chi connectivity index (χ0) is 17.2. The van der Waals surface area contributed by atoms with Crippen molar-refractivity contribution in [3.05, 3.63) is 77.8 Å². The molecule has 0 atom stereocenters. The highest BCUT2D eigenvalue weighted by molar-refractivity contribution is 5.67. The monoisotopic (exact) mass is 330 g/mol. The minimum atomic E-state index is 0.765. The molecule has 0 unspecified atom stereocenters. The Morgan fingerprint density at radius 3 is 2.96 bits per heavy atom. The largest absolute Gasteiger partial charge is 0.381 e. The Morgan fingerprint density at radius 2 is 2.16 bits per heavy atom. The molecule has 1 N–H and O–H groups in total. The van der Waals surface area contributed by atoms with Crippen molar-refractivity contribution < 1.29 is 0 Å². The molecule has 1 aliphatic carbocycles. The van der Waals surface area contributed by atoms with Gasteiger partial charge in [0.15, 0.2) is 11.5 Å². The molecule has 0 bridgehead atoms. The Kier molecular flexibility index (Phi) is 4.10. The number of benzene rings is 1. The number of allylic oxidation sites excluding steroid dienone is 2. The van der Waals surface area contributed by atoms with Gasteiger partial charge in [-0.25, -0.2) is 9.50 Å². The zero-order valence-electron chi connectivity index (χ0n) is 14.5. The van der Waals surface area contributed by atoms with Crippen molar-refractivity contribution in [1.29, 1.82) is 0 Å². The average Bonchev–Trinajstić information content (AvgIpc) is 3.29. The third kappa shape index (κ3) is 3.20. The topological polar surface area (TPSA) is 42.2 Å². The molecule has 0 aliphatic heterocycles. The van der Waals surface area contributed by atoms with Gasteiger partial charge in [0.05, 0.1) is 0 Å². The highest BCUT2D eigenvalue weighted by Gasteiger charge is 2.13. The van der Waals surface area contributed by atoms with E-state index in [-0.39, 0.29) is 0 Å². The van der Waals surface area contributed by atoms with E-state index < -0.39 is 0 Å². The maximum atomic E-state index is 4.68. The molecule has 0 fully saturated rings.